The molecule has 0 saturated carbocycles. The predicted octanol–water partition coefficient (Wildman–Crippen LogP) is 2.69. The number of amides is 3. The number of nitrogens with zero attached hydrogens (tertiary/aromatic N) is 1. The summed E-state index contributed by atoms with van der Waals surface area (Å²) in [6, 6.07) is 12.5. The number of carbonyl (C=O) groups excluding carboxylic acids is 3. The average Bonchev–Trinajstić information content (AvgIpc) is 2.76. The molecule has 0 saturated heterocycles. The first-order valence-electron chi connectivity index (χ1n) is 10.1. The Labute approximate surface area is 182 Å². The van der Waals surface area contributed by atoms with Crippen molar-refractivity contribution in [3.8, 4) is 5.75 Å². The third kappa shape index (κ3) is 7.93. The van der Waals surface area contributed by atoms with Gasteiger partial charge >= 0.3 is 11.8 Å². The molecule has 31 heavy (non-hydrogen) atoms. The standard InChI is InChI=1S/C23H28N4O4/c1-4-5-13-24-22(29)23(30)27-25-14-18-9-11-19(12-10-18)31-15-21(28)26-20-8-6-7-16(2)17(20)3/h6-12,14H,4-5,13,15H2,1-3H3,(H,24,29)(H,26,28)(H,27,30)/b25-14-. The fourth-order valence-corrected chi connectivity index (χ4v) is 2.55. The fourth-order valence-electron chi connectivity index (χ4n) is 2.55. The maximum Gasteiger partial charge on any atom is 0.329 e. The molecular formula is C23H28N4O4. The van der Waals surface area contributed by atoms with Crippen molar-refractivity contribution >= 4 is 29.6 Å². The molecule has 0 aliphatic carbocycles. The van der Waals surface area contributed by atoms with Gasteiger partial charge in [0.2, 0.25) is 0 Å². The number of hydrogen-bond acceptors (Lipinski definition) is 5. The smallest absolute Gasteiger partial charge is 0.329 e. The van der Waals surface area contributed by atoms with E-state index in [4.69, 9.17) is 4.74 Å². The number of rotatable bonds is 9. The Morgan fingerprint density at radius 1 is 1.03 bits per heavy atom. The Kier molecular flexibility index (Phi) is 9.22. The summed E-state index contributed by atoms with van der Waals surface area (Å²) >= 11 is 0. The minimum atomic E-state index is -0.817. The van der Waals surface area contributed by atoms with Gasteiger partial charge in [0.05, 0.1) is 6.21 Å². The van der Waals surface area contributed by atoms with Crippen LogP contribution in [0.15, 0.2) is 47.6 Å². The molecule has 0 heterocycles. The van der Waals surface area contributed by atoms with Gasteiger partial charge in [-0.3, -0.25) is 14.4 Å². The molecule has 0 aromatic heterocycles. The van der Waals surface area contributed by atoms with Gasteiger partial charge in [-0.2, -0.15) is 5.10 Å². The summed E-state index contributed by atoms with van der Waals surface area (Å²) in [7, 11) is 0. The van der Waals surface area contributed by atoms with Crippen molar-refractivity contribution in [2.75, 3.05) is 18.5 Å². The SMILES string of the molecule is CCCCNC(=O)C(=O)N/N=C\c1ccc(OCC(=O)Nc2cccc(C)c2C)cc1. The summed E-state index contributed by atoms with van der Waals surface area (Å²) in [5, 5.41) is 9.11. The van der Waals surface area contributed by atoms with Crippen LogP contribution < -0.4 is 20.8 Å². The molecule has 164 valence electrons. The molecule has 8 nitrogen and oxygen atoms in total. The first-order valence-corrected chi connectivity index (χ1v) is 10.1. The summed E-state index contributed by atoms with van der Waals surface area (Å²) in [6.45, 7) is 6.27. The molecular weight excluding hydrogens is 396 g/mol. The number of aryl methyl sites for hydroxylation is 1. The van der Waals surface area contributed by atoms with Gasteiger partial charge in [0, 0.05) is 12.2 Å². The molecule has 3 N–H and O–H groups in total. The van der Waals surface area contributed by atoms with Gasteiger partial charge in [-0.25, -0.2) is 5.43 Å². The number of anilines is 1. The van der Waals surface area contributed by atoms with Crippen LogP contribution in [0.25, 0.3) is 0 Å². The van der Waals surface area contributed by atoms with E-state index < -0.39 is 11.8 Å². The highest BCUT2D eigenvalue weighted by atomic mass is 16.5. The highest BCUT2D eigenvalue weighted by Gasteiger charge is 2.11. The Morgan fingerprint density at radius 2 is 1.77 bits per heavy atom. The van der Waals surface area contributed by atoms with Gasteiger partial charge in [0.15, 0.2) is 6.61 Å². The van der Waals surface area contributed by atoms with E-state index in [0.29, 0.717) is 17.9 Å². The van der Waals surface area contributed by atoms with Crippen molar-refractivity contribution in [2.24, 2.45) is 5.10 Å². The highest BCUT2D eigenvalue weighted by molar-refractivity contribution is 6.35. The normalized spacial score (nSPS) is 10.5. The van der Waals surface area contributed by atoms with E-state index in [1.807, 2.05) is 39.0 Å². The number of hydrogen-bond donors (Lipinski definition) is 3. The van der Waals surface area contributed by atoms with Crippen LogP contribution in [0, 0.1) is 13.8 Å². The molecule has 0 unspecified atom stereocenters. The van der Waals surface area contributed by atoms with Gasteiger partial charge in [-0.15, -0.1) is 0 Å². The molecule has 0 aliphatic rings. The lowest BCUT2D eigenvalue weighted by atomic mass is 10.1. The summed E-state index contributed by atoms with van der Waals surface area (Å²) in [5.74, 6) is -1.26. The van der Waals surface area contributed by atoms with E-state index in [1.54, 1.807) is 24.3 Å². The van der Waals surface area contributed by atoms with Gasteiger partial charge in [0.25, 0.3) is 5.91 Å². The molecule has 2 aromatic rings. The van der Waals surface area contributed by atoms with Crippen molar-refractivity contribution in [1.82, 2.24) is 10.7 Å². The van der Waals surface area contributed by atoms with Crippen molar-refractivity contribution in [3.05, 3.63) is 59.2 Å². The monoisotopic (exact) mass is 424 g/mol. The Morgan fingerprint density at radius 3 is 2.48 bits per heavy atom. The third-order valence-corrected chi connectivity index (χ3v) is 4.53. The number of carbonyl (C=O) groups is 3. The molecule has 2 rings (SSSR count). The van der Waals surface area contributed by atoms with Crippen LogP contribution in [0.3, 0.4) is 0 Å². The Hall–Kier alpha value is -3.68. The molecule has 0 fully saturated rings. The van der Waals surface area contributed by atoms with Gasteiger partial charge in [-0.1, -0.05) is 25.5 Å². The van der Waals surface area contributed by atoms with Crippen molar-refractivity contribution in [1.29, 1.82) is 0 Å². The van der Waals surface area contributed by atoms with E-state index >= 15 is 0 Å². The van der Waals surface area contributed by atoms with Gasteiger partial charge in [0.1, 0.15) is 5.75 Å². The van der Waals surface area contributed by atoms with Crippen LogP contribution >= 0.6 is 0 Å². The van der Waals surface area contributed by atoms with Crippen LogP contribution in [0.2, 0.25) is 0 Å². The van der Waals surface area contributed by atoms with Crippen molar-refractivity contribution < 1.29 is 19.1 Å². The number of ether oxygens (including phenoxy) is 1. The predicted molar refractivity (Wildman–Crippen MR) is 120 cm³/mol. The minimum Gasteiger partial charge on any atom is -0.484 e. The maximum absolute atomic E-state index is 12.1. The fraction of sp³-hybridized carbons (Fsp3) is 0.304. The quantitative estimate of drug-likeness (QED) is 0.249. The molecule has 0 spiro atoms. The van der Waals surface area contributed by atoms with Gasteiger partial charge < -0.3 is 15.4 Å². The van der Waals surface area contributed by atoms with E-state index in [9.17, 15) is 14.4 Å². The van der Waals surface area contributed by atoms with Crippen LogP contribution in [-0.2, 0) is 14.4 Å². The Bertz CT molecular complexity index is 939. The topological polar surface area (TPSA) is 109 Å². The zero-order valence-electron chi connectivity index (χ0n) is 18.0. The average molecular weight is 425 g/mol. The second kappa shape index (κ2) is 12.1. The van der Waals surface area contributed by atoms with Gasteiger partial charge in [-0.05, 0) is 67.3 Å². The summed E-state index contributed by atoms with van der Waals surface area (Å²) in [4.78, 5) is 35.3. The third-order valence-electron chi connectivity index (χ3n) is 4.53. The molecule has 3 amide bonds. The molecule has 2 aromatic carbocycles. The van der Waals surface area contributed by atoms with E-state index in [2.05, 4.69) is 21.2 Å². The molecule has 0 bridgehead atoms. The zero-order chi connectivity index (χ0) is 22.6. The molecule has 0 radical (unpaired) electrons. The minimum absolute atomic E-state index is 0.121. The maximum atomic E-state index is 12.1. The number of hydrazone groups is 1. The first-order chi connectivity index (χ1) is 14.9. The lowest BCUT2D eigenvalue weighted by Gasteiger charge is -2.11. The lowest BCUT2D eigenvalue weighted by molar-refractivity contribution is -0.139. The van der Waals surface area contributed by atoms with Crippen molar-refractivity contribution in [3.63, 3.8) is 0 Å². The van der Waals surface area contributed by atoms with Crippen LogP contribution in [0.5, 0.6) is 5.75 Å². The lowest BCUT2D eigenvalue weighted by Crippen LogP contribution is -2.38. The number of benzene rings is 2. The van der Waals surface area contributed by atoms with E-state index in [1.165, 1.54) is 6.21 Å². The van der Waals surface area contributed by atoms with E-state index in [-0.39, 0.29) is 12.5 Å². The zero-order valence-corrected chi connectivity index (χ0v) is 18.0. The van der Waals surface area contributed by atoms with Crippen molar-refractivity contribution in [2.45, 2.75) is 33.6 Å². The largest absolute Gasteiger partial charge is 0.484 e. The van der Waals surface area contributed by atoms with Crippen LogP contribution in [0.4, 0.5) is 5.69 Å². The molecule has 0 aliphatic heterocycles. The second-order valence-electron chi connectivity index (χ2n) is 6.96. The summed E-state index contributed by atoms with van der Waals surface area (Å²) < 4.78 is 5.51. The highest BCUT2D eigenvalue weighted by Crippen LogP contribution is 2.18. The van der Waals surface area contributed by atoms with E-state index in [0.717, 1.165) is 29.7 Å². The van der Waals surface area contributed by atoms with Crippen LogP contribution in [0.1, 0.15) is 36.5 Å². The number of nitrogens with one attached hydrogen (secondary N) is 3. The summed E-state index contributed by atoms with van der Waals surface area (Å²) in [5.41, 5.74) is 5.76. The molecule has 8 heteroatoms. The Balaban J connectivity index is 1.78. The molecule has 0 atom stereocenters. The number of unbranched alkanes of at least 4 members (excludes halogenated alkanes) is 1. The summed E-state index contributed by atoms with van der Waals surface area (Å²) in [6.07, 6.45) is 3.15. The second-order valence-corrected chi connectivity index (χ2v) is 6.96. The van der Waals surface area contributed by atoms with Crippen LogP contribution in [-0.4, -0.2) is 37.1 Å². The first kappa shape index (κ1) is 23.6.